The maximum atomic E-state index is 12.5. The van der Waals surface area contributed by atoms with Crippen LogP contribution in [-0.2, 0) is 6.54 Å². The molecule has 0 fully saturated rings. The van der Waals surface area contributed by atoms with E-state index in [2.05, 4.69) is 5.10 Å². The number of halogens is 1. The third-order valence-electron chi connectivity index (χ3n) is 4.20. The van der Waals surface area contributed by atoms with E-state index in [1.165, 1.54) is 4.68 Å². The Morgan fingerprint density at radius 1 is 1.07 bits per heavy atom. The molecule has 0 aliphatic rings. The number of para-hydroxylation sites is 1. The van der Waals surface area contributed by atoms with Gasteiger partial charge in [0, 0.05) is 13.6 Å². The first kappa shape index (κ1) is 19.0. The van der Waals surface area contributed by atoms with Gasteiger partial charge in [-0.2, -0.15) is 5.10 Å². The zero-order valence-electron chi connectivity index (χ0n) is 15.2. The first-order valence-corrected chi connectivity index (χ1v) is 9.21. The van der Waals surface area contributed by atoms with Crippen molar-refractivity contribution in [2.45, 2.75) is 13.0 Å². The van der Waals surface area contributed by atoms with Crippen LogP contribution in [0.3, 0.4) is 0 Å². The predicted molar refractivity (Wildman–Crippen MR) is 109 cm³/mol. The van der Waals surface area contributed by atoms with Crippen LogP contribution in [0.1, 0.15) is 12.0 Å². The molecule has 0 bridgehead atoms. The summed E-state index contributed by atoms with van der Waals surface area (Å²) in [5, 5.41) is 4.47. The maximum absolute atomic E-state index is 12.5. The van der Waals surface area contributed by atoms with E-state index >= 15 is 0 Å². The molecule has 0 aliphatic carbocycles. The third kappa shape index (κ3) is 5.11. The first-order chi connectivity index (χ1) is 13.1. The molecule has 0 amide bonds. The molecule has 0 saturated heterocycles. The first-order valence-electron chi connectivity index (χ1n) is 8.83. The van der Waals surface area contributed by atoms with Crippen LogP contribution in [0.2, 0.25) is 5.02 Å². The fourth-order valence-electron chi connectivity index (χ4n) is 2.72. The molecule has 3 rings (SSSR count). The van der Waals surface area contributed by atoms with Crippen LogP contribution in [-0.4, -0.2) is 30.0 Å². The van der Waals surface area contributed by atoms with Crippen LogP contribution in [0, 0.1) is 0 Å². The van der Waals surface area contributed by atoms with Crippen molar-refractivity contribution < 1.29 is 4.74 Å². The van der Waals surface area contributed by atoms with Crippen LogP contribution in [0.25, 0.3) is 0 Å². The van der Waals surface area contributed by atoms with E-state index in [1.807, 2.05) is 72.6 Å². The van der Waals surface area contributed by atoms with E-state index in [9.17, 15) is 4.79 Å². The Morgan fingerprint density at radius 2 is 1.74 bits per heavy atom. The molecule has 0 atom stereocenters. The predicted octanol–water partition coefficient (Wildman–Crippen LogP) is 3.85. The summed E-state index contributed by atoms with van der Waals surface area (Å²) in [7, 11) is 1.90. The lowest BCUT2D eigenvalue weighted by molar-refractivity contribution is 0.312. The summed E-state index contributed by atoms with van der Waals surface area (Å²) in [5.41, 5.74) is 1.35. The van der Waals surface area contributed by atoms with Gasteiger partial charge in [0.25, 0.3) is 5.56 Å². The molecule has 2 aromatic carbocycles. The van der Waals surface area contributed by atoms with Crippen molar-refractivity contribution in [1.29, 1.82) is 0 Å². The Balaban J connectivity index is 1.59. The Kier molecular flexibility index (Phi) is 6.49. The van der Waals surface area contributed by atoms with Gasteiger partial charge < -0.3 is 9.64 Å². The van der Waals surface area contributed by atoms with Crippen LogP contribution < -0.4 is 15.2 Å². The molecule has 1 aromatic heterocycles. The highest BCUT2D eigenvalue weighted by Crippen LogP contribution is 2.20. The van der Waals surface area contributed by atoms with Gasteiger partial charge in [0.2, 0.25) is 0 Å². The van der Waals surface area contributed by atoms with Gasteiger partial charge in [-0.15, -0.1) is 0 Å². The number of nitrogens with zero attached hydrogens (tertiary/aromatic N) is 3. The summed E-state index contributed by atoms with van der Waals surface area (Å²) in [4.78, 5) is 14.5. The van der Waals surface area contributed by atoms with E-state index in [1.54, 1.807) is 6.20 Å². The van der Waals surface area contributed by atoms with Crippen molar-refractivity contribution in [2.75, 3.05) is 25.1 Å². The molecule has 0 unspecified atom stereocenters. The second kappa shape index (κ2) is 9.24. The summed E-state index contributed by atoms with van der Waals surface area (Å²) < 4.78 is 7.07. The molecular weight excluding hydrogens is 362 g/mol. The second-order valence-electron chi connectivity index (χ2n) is 6.23. The zero-order valence-corrected chi connectivity index (χ0v) is 16.0. The lowest BCUT2D eigenvalue weighted by Crippen LogP contribution is -2.28. The van der Waals surface area contributed by atoms with Crippen molar-refractivity contribution >= 4 is 17.3 Å². The number of anilines is 1. The quantitative estimate of drug-likeness (QED) is 0.554. The van der Waals surface area contributed by atoms with Crippen LogP contribution >= 0.6 is 11.6 Å². The molecule has 140 valence electrons. The van der Waals surface area contributed by atoms with E-state index < -0.39 is 0 Å². The minimum Gasteiger partial charge on any atom is -0.494 e. The molecule has 0 aliphatic heterocycles. The highest BCUT2D eigenvalue weighted by atomic mass is 35.5. The Labute approximate surface area is 163 Å². The summed E-state index contributed by atoms with van der Waals surface area (Å²) >= 11 is 6.32. The summed E-state index contributed by atoms with van der Waals surface area (Å²) in [6, 6.07) is 19.4. The van der Waals surface area contributed by atoms with Crippen LogP contribution in [0.5, 0.6) is 5.75 Å². The number of benzene rings is 2. The van der Waals surface area contributed by atoms with E-state index in [-0.39, 0.29) is 10.6 Å². The van der Waals surface area contributed by atoms with Crippen molar-refractivity contribution in [1.82, 2.24) is 9.78 Å². The van der Waals surface area contributed by atoms with Gasteiger partial charge in [-0.3, -0.25) is 4.79 Å². The monoisotopic (exact) mass is 383 g/mol. The van der Waals surface area contributed by atoms with Crippen molar-refractivity contribution in [3.8, 4) is 5.75 Å². The van der Waals surface area contributed by atoms with Gasteiger partial charge in [0.15, 0.2) is 0 Å². The van der Waals surface area contributed by atoms with Crippen LogP contribution in [0.4, 0.5) is 5.69 Å². The molecule has 1 heterocycles. The Hall–Kier alpha value is -2.79. The lowest BCUT2D eigenvalue weighted by Gasteiger charge is -2.20. The summed E-state index contributed by atoms with van der Waals surface area (Å²) in [6.45, 7) is 1.69. The zero-order chi connectivity index (χ0) is 19.1. The minimum atomic E-state index is -0.287. The molecule has 5 nitrogen and oxygen atoms in total. The molecule has 0 N–H and O–H groups in total. The second-order valence-corrected chi connectivity index (χ2v) is 6.61. The van der Waals surface area contributed by atoms with Gasteiger partial charge in [-0.25, -0.2) is 4.68 Å². The number of hydrogen-bond donors (Lipinski definition) is 0. The van der Waals surface area contributed by atoms with Crippen molar-refractivity contribution in [3.63, 3.8) is 0 Å². The molecule has 3 aromatic rings. The van der Waals surface area contributed by atoms with Crippen LogP contribution in [0.15, 0.2) is 71.7 Å². The van der Waals surface area contributed by atoms with E-state index in [4.69, 9.17) is 16.3 Å². The molecule has 27 heavy (non-hydrogen) atoms. The Morgan fingerprint density at radius 3 is 2.44 bits per heavy atom. The molecule has 0 spiro atoms. The van der Waals surface area contributed by atoms with Gasteiger partial charge in [-0.1, -0.05) is 60.1 Å². The standard InChI is InChI=1S/C21H22ClN3O2/c1-24(13-8-14-27-18-11-6-3-7-12-18)19-15-23-25(21(26)20(19)22)16-17-9-4-2-5-10-17/h2-7,9-12,15H,8,13-14,16H2,1H3. The molecular formula is C21H22ClN3O2. The lowest BCUT2D eigenvalue weighted by atomic mass is 10.2. The molecule has 6 heteroatoms. The molecule has 0 radical (unpaired) electrons. The fourth-order valence-corrected chi connectivity index (χ4v) is 3.01. The largest absolute Gasteiger partial charge is 0.494 e. The fraction of sp³-hybridized carbons (Fsp3) is 0.238. The average Bonchev–Trinajstić information content (AvgIpc) is 2.70. The minimum absolute atomic E-state index is 0.187. The SMILES string of the molecule is CN(CCCOc1ccccc1)c1cnn(Cc2ccccc2)c(=O)c1Cl. The Bertz CT molecular complexity index is 914. The maximum Gasteiger partial charge on any atom is 0.287 e. The normalized spacial score (nSPS) is 10.6. The molecule has 0 saturated carbocycles. The highest BCUT2D eigenvalue weighted by molar-refractivity contribution is 6.33. The van der Waals surface area contributed by atoms with Gasteiger partial charge in [0.1, 0.15) is 10.8 Å². The van der Waals surface area contributed by atoms with Gasteiger partial charge in [-0.05, 0) is 24.1 Å². The number of rotatable bonds is 8. The summed E-state index contributed by atoms with van der Waals surface area (Å²) in [6.07, 6.45) is 2.44. The van der Waals surface area contributed by atoms with Crippen molar-refractivity contribution in [3.05, 3.63) is 87.8 Å². The van der Waals surface area contributed by atoms with Crippen molar-refractivity contribution in [2.24, 2.45) is 0 Å². The topological polar surface area (TPSA) is 47.4 Å². The van der Waals surface area contributed by atoms with E-state index in [0.717, 1.165) is 17.7 Å². The number of ether oxygens (including phenoxy) is 1. The average molecular weight is 384 g/mol. The smallest absolute Gasteiger partial charge is 0.287 e. The van der Waals surface area contributed by atoms with Gasteiger partial charge >= 0.3 is 0 Å². The highest BCUT2D eigenvalue weighted by Gasteiger charge is 2.13. The summed E-state index contributed by atoms with van der Waals surface area (Å²) in [5.74, 6) is 0.850. The van der Waals surface area contributed by atoms with E-state index in [0.29, 0.717) is 25.4 Å². The third-order valence-corrected chi connectivity index (χ3v) is 4.56. The van der Waals surface area contributed by atoms with Gasteiger partial charge in [0.05, 0.1) is 25.0 Å². The number of hydrogen-bond acceptors (Lipinski definition) is 4. The number of aromatic nitrogens is 2.